The third-order valence-electron chi connectivity index (χ3n) is 4.85. The Balaban J connectivity index is 2.00. The second-order valence-electron chi connectivity index (χ2n) is 7.28. The number of sulfone groups is 2. The molecule has 0 bridgehead atoms. The van der Waals surface area contributed by atoms with Crippen molar-refractivity contribution in [2.45, 2.75) is 37.5 Å². The smallest absolute Gasteiger partial charge is 0.274 e. The van der Waals surface area contributed by atoms with Gasteiger partial charge in [-0.2, -0.15) is 0 Å². The van der Waals surface area contributed by atoms with Crippen molar-refractivity contribution in [1.29, 1.82) is 0 Å². The number of halogens is 2. The van der Waals surface area contributed by atoms with Gasteiger partial charge in [0.2, 0.25) is 15.0 Å². The number of aromatic nitrogens is 2. The van der Waals surface area contributed by atoms with Gasteiger partial charge in [0, 0.05) is 12.6 Å². The van der Waals surface area contributed by atoms with Crippen LogP contribution in [0.2, 0.25) is 5.02 Å². The zero-order valence-electron chi connectivity index (χ0n) is 16.7. The van der Waals surface area contributed by atoms with E-state index in [0.29, 0.717) is 12.0 Å². The lowest BCUT2D eigenvalue weighted by Gasteiger charge is -2.28. The molecule has 2 heterocycles. The minimum Gasteiger partial charge on any atom is -0.329 e. The van der Waals surface area contributed by atoms with Crippen LogP contribution in [0.3, 0.4) is 0 Å². The highest BCUT2D eigenvalue weighted by Gasteiger charge is 2.36. The first-order valence-electron chi connectivity index (χ1n) is 9.53. The van der Waals surface area contributed by atoms with Gasteiger partial charge in [0.05, 0.1) is 28.5 Å². The quantitative estimate of drug-likeness (QED) is 0.548. The number of rotatable bonds is 7. The highest BCUT2D eigenvalue weighted by Crippen LogP contribution is 2.25. The molecule has 1 fully saturated rings. The van der Waals surface area contributed by atoms with Gasteiger partial charge in [-0.05, 0) is 30.5 Å². The zero-order chi connectivity index (χ0) is 22.8. The van der Waals surface area contributed by atoms with Crippen molar-refractivity contribution < 1.29 is 26.0 Å². The Morgan fingerprint density at radius 3 is 2.55 bits per heavy atom. The average molecular weight is 490 g/mol. The number of nitrogens with zero attached hydrogens (tertiary/aromatic N) is 3. The second kappa shape index (κ2) is 9.17. The highest BCUT2D eigenvalue weighted by atomic mass is 35.5. The van der Waals surface area contributed by atoms with Crippen LogP contribution >= 0.6 is 11.6 Å². The molecule has 1 atom stereocenters. The summed E-state index contributed by atoms with van der Waals surface area (Å²) in [5.41, 5.74) is 0.251. The van der Waals surface area contributed by atoms with Crippen LogP contribution in [0.25, 0.3) is 0 Å². The summed E-state index contributed by atoms with van der Waals surface area (Å²) >= 11 is 6.11. The lowest BCUT2D eigenvalue weighted by molar-refractivity contribution is 0.0674. The normalized spacial score (nSPS) is 18.1. The summed E-state index contributed by atoms with van der Waals surface area (Å²) < 4.78 is 62.0. The van der Waals surface area contributed by atoms with Crippen LogP contribution < -0.4 is 0 Å². The maximum Gasteiger partial charge on any atom is 0.274 e. The monoisotopic (exact) mass is 489 g/mol. The van der Waals surface area contributed by atoms with Gasteiger partial charge < -0.3 is 4.90 Å². The summed E-state index contributed by atoms with van der Waals surface area (Å²) in [7, 11) is -7.12. The number of benzene rings is 1. The first-order chi connectivity index (χ1) is 14.5. The van der Waals surface area contributed by atoms with Crippen LogP contribution in [0.15, 0.2) is 35.6 Å². The molecule has 2 aromatic rings. The molecule has 1 aromatic heterocycles. The van der Waals surface area contributed by atoms with Gasteiger partial charge in [-0.3, -0.25) is 4.79 Å². The van der Waals surface area contributed by atoms with Gasteiger partial charge >= 0.3 is 0 Å². The molecule has 0 radical (unpaired) electrons. The zero-order valence-corrected chi connectivity index (χ0v) is 19.1. The van der Waals surface area contributed by atoms with E-state index in [2.05, 4.69) is 9.97 Å². The molecule has 1 aliphatic heterocycles. The first kappa shape index (κ1) is 23.6. The van der Waals surface area contributed by atoms with E-state index in [1.165, 1.54) is 29.2 Å². The summed E-state index contributed by atoms with van der Waals surface area (Å²) in [6, 6.07) is 4.78. The minimum absolute atomic E-state index is 0.0172. The molecule has 12 heteroatoms. The third-order valence-corrected chi connectivity index (χ3v) is 8.58. The fourth-order valence-electron chi connectivity index (χ4n) is 3.32. The molecule has 1 unspecified atom stereocenters. The van der Waals surface area contributed by atoms with E-state index in [9.17, 15) is 26.0 Å². The summed E-state index contributed by atoms with van der Waals surface area (Å²) in [4.78, 5) is 22.3. The predicted octanol–water partition coefficient (Wildman–Crippen LogP) is 2.28. The van der Waals surface area contributed by atoms with Crippen LogP contribution in [0.1, 0.15) is 35.8 Å². The second-order valence-corrected chi connectivity index (χ2v) is 11.9. The van der Waals surface area contributed by atoms with E-state index in [-0.39, 0.29) is 40.9 Å². The number of carbonyl (C=O) groups is 1. The molecular formula is C19H21ClFN3O5S2. The molecule has 8 nitrogen and oxygen atoms in total. The highest BCUT2D eigenvalue weighted by molar-refractivity contribution is 7.91. The van der Waals surface area contributed by atoms with Crippen molar-refractivity contribution in [3.63, 3.8) is 0 Å². The van der Waals surface area contributed by atoms with Crippen LogP contribution in [-0.2, 0) is 26.2 Å². The molecule has 1 aromatic carbocycles. The van der Waals surface area contributed by atoms with Gasteiger partial charge in [0.25, 0.3) is 5.91 Å². The predicted molar refractivity (Wildman–Crippen MR) is 113 cm³/mol. The van der Waals surface area contributed by atoms with E-state index in [4.69, 9.17) is 11.6 Å². The Kier molecular flexibility index (Phi) is 6.97. The molecule has 3 rings (SSSR count). The maximum atomic E-state index is 13.4. The fraction of sp³-hybridized carbons (Fsp3) is 0.421. The topological polar surface area (TPSA) is 114 Å². The van der Waals surface area contributed by atoms with E-state index >= 15 is 0 Å². The first-order valence-corrected chi connectivity index (χ1v) is 13.4. The molecule has 168 valence electrons. The minimum atomic E-state index is -3.80. The van der Waals surface area contributed by atoms with Crippen LogP contribution in [0.5, 0.6) is 0 Å². The summed E-state index contributed by atoms with van der Waals surface area (Å²) in [6.45, 7) is 1.67. The van der Waals surface area contributed by atoms with Crippen LogP contribution in [-0.4, -0.2) is 60.9 Å². The van der Waals surface area contributed by atoms with Gasteiger partial charge in [0.15, 0.2) is 15.5 Å². The van der Waals surface area contributed by atoms with Crippen LogP contribution in [0.4, 0.5) is 4.39 Å². The molecule has 0 saturated carbocycles. The van der Waals surface area contributed by atoms with E-state index in [1.807, 2.05) is 0 Å². The number of hydrogen-bond donors (Lipinski definition) is 0. The van der Waals surface area contributed by atoms with E-state index in [1.54, 1.807) is 6.92 Å². The lowest BCUT2D eigenvalue weighted by atomic mass is 10.1. The van der Waals surface area contributed by atoms with Gasteiger partial charge in [0.1, 0.15) is 5.82 Å². The molecule has 0 aliphatic carbocycles. The van der Waals surface area contributed by atoms with Gasteiger partial charge in [-0.15, -0.1) is 0 Å². The molecule has 0 spiro atoms. The van der Waals surface area contributed by atoms with Crippen molar-refractivity contribution >= 4 is 37.2 Å². The lowest BCUT2D eigenvalue weighted by Crippen LogP contribution is -2.41. The molecule has 1 saturated heterocycles. The maximum absolute atomic E-state index is 13.4. The van der Waals surface area contributed by atoms with Crippen molar-refractivity contribution in [3.8, 4) is 0 Å². The van der Waals surface area contributed by atoms with Crippen molar-refractivity contribution in [2.24, 2.45) is 0 Å². The molecule has 1 aliphatic rings. The Bertz CT molecular complexity index is 1190. The molecular weight excluding hydrogens is 469 g/mol. The molecule has 1 amide bonds. The SMILES string of the molecule is CCCS(=O)(=O)c1ncc(Cl)c(C(=O)N(Cc2ccc(F)cc2)C2CCS(=O)(=O)C2)n1. The number of amides is 1. The summed E-state index contributed by atoms with van der Waals surface area (Å²) in [5, 5.41) is -0.659. The largest absolute Gasteiger partial charge is 0.329 e. The Morgan fingerprint density at radius 2 is 1.97 bits per heavy atom. The number of carbonyl (C=O) groups excluding carboxylic acids is 1. The molecule has 0 N–H and O–H groups in total. The van der Waals surface area contributed by atoms with E-state index < -0.39 is 42.6 Å². The third kappa shape index (κ3) is 5.58. The summed E-state index contributed by atoms with van der Waals surface area (Å²) in [5.74, 6) is -1.66. The Hall–Kier alpha value is -2.11. The Labute approximate surface area is 185 Å². The van der Waals surface area contributed by atoms with Crippen molar-refractivity contribution in [1.82, 2.24) is 14.9 Å². The van der Waals surface area contributed by atoms with E-state index in [0.717, 1.165) is 6.20 Å². The Morgan fingerprint density at radius 1 is 1.29 bits per heavy atom. The van der Waals surface area contributed by atoms with Gasteiger partial charge in [-0.25, -0.2) is 31.2 Å². The van der Waals surface area contributed by atoms with Crippen molar-refractivity contribution in [2.75, 3.05) is 17.3 Å². The average Bonchev–Trinajstić information content (AvgIpc) is 3.06. The summed E-state index contributed by atoms with van der Waals surface area (Å²) in [6.07, 6.45) is 1.61. The standard InChI is InChI=1S/C19H21ClFN3O5S2/c1-2-8-31(28,29)19-22-10-16(20)17(23-19)18(25)24(15-7-9-30(26,27)12-15)11-13-3-5-14(21)6-4-13/h3-6,10,15H,2,7-9,11-12H2,1H3. The van der Waals surface area contributed by atoms with Crippen molar-refractivity contribution in [3.05, 3.63) is 52.6 Å². The van der Waals surface area contributed by atoms with Crippen LogP contribution in [0, 0.1) is 5.82 Å². The molecule has 31 heavy (non-hydrogen) atoms. The fourth-order valence-corrected chi connectivity index (χ4v) is 6.39. The van der Waals surface area contributed by atoms with Gasteiger partial charge in [-0.1, -0.05) is 30.7 Å². The number of hydrogen-bond acceptors (Lipinski definition) is 7.